The van der Waals surface area contributed by atoms with Crippen molar-refractivity contribution in [2.75, 3.05) is 21.3 Å². The number of nitrogens with zero attached hydrogens (tertiary/aromatic N) is 1. The van der Waals surface area contributed by atoms with Crippen molar-refractivity contribution >= 4 is 0 Å². The van der Waals surface area contributed by atoms with Crippen LogP contribution in [0.25, 0.3) is 0 Å². The largest absolute Gasteiger partial charge is 0.496 e. The number of rotatable bonds is 5. The number of hydrogen-bond donors (Lipinski definition) is 1. The molecule has 2 aromatic rings. The average Bonchev–Trinajstić information content (AvgIpc) is 2.53. The Morgan fingerprint density at radius 1 is 1.05 bits per heavy atom. The van der Waals surface area contributed by atoms with Gasteiger partial charge in [-0.3, -0.25) is 4.98 Å². The third-order valence-corrected chi connectivity index (χ3v) is 3.03. The van der Waals surface area contributed by atoms with Gasteiger partial charge in [-0.15, -0.1) is 0 Å². The van der Waals surface area contributed by atoms with E-state index >= 15 is 0 Å². The summed E-state index contributed by atoms with van der Waals surface area (Å²) in [6.45, 7) is 0. The van der Waals surface area contributed by atoms with Crippen molar-refractivity contribution in [1.82, 2.24) is 4.98 Å². The number of aliphatic hydroxyl groups excluding tert-OH is 1. The summed E-state index contributed by atoms with van der Waals surface area (Å²) in [6, 6.07) is 6.97. The Labute approximate surface area is 117 Å². The van der Waals surface area contributed by atoms with Crippen molar-refractivity contribution in [2.24, 2.45) is 0 Å². The number of aliphatic hydroxyl groups is 1. The lowest BCUT2D eigenvalue weighted by atomic mass is 10.0. The van der Waals surface area contributed by atoms with Crippen LogP contribution in [0.2, 0.25) is 0 Å². The van der Waals surface area contributed by atoms with Gasteiger partial charge >= 0.3 is 0 Å². The predicted molar refractivity (Wildman–Crippen MR) is 74.4 cm³/mol. The molecule has 0 saturated carbocycles. The van der Waals surface area contributed by atoms with Crippen LogP contribution in [0.3, 0.4) is 0 Å². The summed E-state index contributed by atoms with van der Waals surface area (Å²) >= 11 is 0. The Morgan fingerprint density at radius 2 is 1.70 bits per heavy atom. The molecule has 0 spiro atoms. The number of ether oxygens (including phenoxy) is 3. The first kappa shape index (κ1) is 14.1. The third kappa shape index (κ3) is 2.67. The lowest BCUT2D eigenvalue weighted by molar-refractivity contribution is 0.208. The zero-order chi connectivity index (χ0) is 14.5. The Kier molecular flexibility index (Phi) is 4.42. The fourth-order valence-electron chi connectivity index (χ4n) is 2.01. The summed E-state index contributed by atoms with van der Waals surface area (Å²) < 4.78 is 15.9. The molecule has 5 heteroatoms. The molecule has 1 unspecified atom stereocenters. The van der Waals surface area contributed by atoms with Crippen LogP contribution in [0.15, 0.2) is 36.7 Å². The second-order valence-electron chi connectivity index (χ2n) is 4.13. The quantitative estimate of drug-likeness (QED) is 0.906. The maximum Gasteiger partial charge on any atom is 0.132 e. The maximum absolute atomic E-state index is 10.5. The van der Waals surface area contributed by atoms with Gasteiger partial charge in [-0.05, 0) is 6.07 Å². The molecule has 106 valence electrons. The molecule has 0 aliphatic carbocycles. The van der Waals surface area contributed by atoms with E-state index in [9.17, 15) is 5.11 Å². The molecule has 1 aromatic carbocycles. The van der Waals surface area contributed by atoms with E-state index in [4.69, 9.17) is 14.2 Å². The van der Waals surface area contributed by atoms with Gasteiger partial charge in [0.15, 0.2) is 0 Å². The minimum atomic E-state index is -0.889. The number of aromatic nitrogens is 1. The van der Waals surface area contributed by atoms with E-state index in [-0.39, 0.29) is 0 Å². The van der Waals surface area contributed by atoms with E-state index in [0.29, 0.717) is 28.4 Å². The van der Waals surface area contributed by atoms with Gasteiger partial charge in [0.1, 0.15) is 23.4 Å². The monoisotopic (exact) mass is 275 g/mol. The minimum absolute atomic E-state index is 0.498. The number of pyridine rings is 1. The zero-order valence-corrected chi connectivity index (χ0v) is 11.7. The predicted octanol–water partition coefficient (Wildman–Crippen LogP) is 2.19. The third-order valence-electron chi connectivity index (χ3n) is 3.03. The molecule has 0 saturated heterocycles. The van der Waals surface area contributed by atoms with Gasteiger partial charge in [-0.2, -0.15) is 0 Å². The van der Waals surface area contributed by atoms with Crippen LogP contribution in [0.4, 0.5) is 0 Å². The zero-order valence-electron chi connectivity index (χ0n) is 11.7. The molecular weight excluding hydrogens is 258 g/mol. The van der Waals surface area contributed by atoms with E-state index in [1.807, 2.05) is 0 Å². The highest BCUT2D eigenvalue weighted by atomic mass is 16.5. The lowest BCUT2D eigenvalue weighted by Crippen LogP contribution is -2.06. The molecule has 0 aliphatic rings. The van der Waals surface area contributed by atoms with E-state index in [1.165, 1.54) is 14.2 Å². The van der Waals surface area contributed by atoms with E-state index < -0.39 is 6.10 Å². The summed E-state index contributed by atoms with van der Waals surface area (Å²) in [6.07, 6.45) is 2.37. The smallest absolute Gasteiger partial charge is 0.132 e. The highest BCUT2D eigenvalue weighted by Gasteiger charge is 2.22. The van der Waals surface area contributed by atoms with Gasteiger partial charge in [0.05, 0.1) is 26.9 Å². The molecule has 0 radical (unpaired) electrons. The van der Waals surface area contributed by atoms with Gasteiger partial charge < -0.3 is 19.3 Å². The first-order chi connectivity index (χ1) is 9.71. The van der Waals surface area contributed by atoms with Crippen molar-refractivity contribution < 1.29 is 19.3 Å². The fraction of sp³-hybridized carbons (Fsp3) is 0.267. The molecular formula is C15H17NO4. The van der Waals surface area contributed by atoms with Crippen LogP contribution in [0.5, 0.6) is 17.2 Å². The van der Waals surface area contributed by atoms with Crippen LogP contribution in [0.1, 0.15) is 17.2 Å². The number of hydrogen-bond acceptors (Lipinski definition) is 5. The molecule has 0 fully saturated rings. The summed E-state index contributed by atoms with van der Waals surface area (Å²) in [7, 11) is 4.63. The Morgan fingerprint density at radius 3 is 2.15 bits per heavy atom. The molecule has 2 rings (SSSR count). The van der Waals surface area contributed by atoms with Crippen molar-refractivity contribution in [3.63, 3.8) is 0 Å². The van der Waals surface area contributed by atoms with Gasteiger partial charge in [-0.1, -0.05) is 6.07 Å². The van der Waals surface area contributed by atoms with Crippen molar-refractivity contribution in [3.8, 4) is 17.2 Å². The molecule has 1 atom stereocenters. The second-order valence-corrected chi connectivity index (χ2v) is 4.13. The molecule has 1 heterocycles. The first-order valence-electron chi connectivity index (χ1n) is 6.09. The van der Waals surface area contributed by atoms with Crippen LogP contribution >= 0.6 is 0 Å². The normalized spacial score (nSPS) is 11.8. The molecule has 0 amide bonds. The SMILES string of the molecule is COc1cc(OC)c(C(O)c2cccnc2)c(OC)c1. The molecule has 1 N–H and O–H groups in total. The van der Waals surface area contributed by atoms with Gasteiger partial charge in [-0.25, -0.2) is 0 Å². The number of methoxy groups -OCH3 is 3. The lowest BCUT2D eigenvalue weighted by Gasteiger charge is -2.19. The molecule has 0 bridgehead atoms. The van der Waals surface area contributed by atoms with Gasteiger partial charge in [0.25, 0.3) is 0 Å². The molecule has 5 nitrogen and oxygen atoms in total. The summed E-state index contributed by atoms with van der Waals surface area (Å²) in [5.74, 6) is 1.59. The van der Waals surface area contributed by atoms with E-state index in [2.05, 4.69) is 4.98 Å². The van der Waals surface area contributed by atoms with Crippen molar-refractivity contribution in [3.05, 3.63) is 47.8 Å². The summed E-state index contributed by atoms with van der Waals surface area (Å²) in [5.41, 5.74) is 1.21. The van der Waals surface area contributed by atoms with Crippen LogP contribution in [-0.2, 0) is 0 Å². The summed E-state index contributed by atoms with van der Waals surface area (Å²) in [5, 5.41) is 10.5. The first-order valence-corrected chi connectivity index (χ1v) is 6.09. The minimum Gasteiger partial charge on any atom is -0.496 e. The fourth-order valence-corrected chi connectivity index (χ4v) is 2.01. The Balaban J connectivity index is 2.54. The Hall–Kier alpha value is -2.27. The van der Waals surface area contributed by atoms with E-state index in [0.717, 1.165) is 0 Å². The van der Waals surface area contributed by atoms with E-state index in [1.54, 1.807) is 43.8 Å². The number of benzene rings is 1. The highest BCUT2D eigenvalue weighted by Crippen LogP contribution is 2.40. The van der Waals surface area contributed by atoms with Crippen LogP contribution in [0, 0.1) is 0 Å². The van der Waals surface area contributed by atoms with Crippen molar-refractivity contribution in [2.45, 2.75) is 6.10 Å². The highest BCUT2D eigenvalue weighted by molar-refractivity contribution is 5.53. The van der Waals surface area contributed by atoms with Crippen LogP contribution in [-0.4, -0.2) is 31.4 Å². The maximum atomic E-state index is 10.5. The Bertz CT molecular complexity index is 546. The topological polar surface area (TPSA) is 60.8 Å². The standard InChI is InChI=1S/C15H17NO4/c1-18-11-7-12(19-2)14(13(8-11)20-3)15(17)10-5-4-6-16-9-10/h4-9,15,17H,1-3H3. The average molecular weight is 275 g/mol. The van der Waals surface area contributed by atoms with Gasteiger partial charge in [0.2, 0.25) is 0 Å². The molecule has 0 aliphatic heterocycles. The second kappa shape index (κ2) is 6.25. The van der Waals surface area contributed by atoms with Crippen molar-refractivity contribution in [1.29, 1.82) is 0 Å². The van der Waals surface area contributed by atoms with Gasteiger partial charge in [0, 0.05) is 30.1 Å². The summed E-state index contributed by atoms with van der Waals surface area (Å²) in [4.78, 5) is 4.01. The molecule has 20 heavy (non-hydrogen) atoms. The molecule has 1 aromatic heterocycles. The van der Waals surface area contributed by atoms with Crippen LogP contribution < -0.4 is 14.2 Å².